The van der Waals surface area contributed by atoms with Crippen LogP contribution in [0.3, 0.4) is 0 Å². The number of hydrogen-bond donors (Lipinski definition) is 2. The Morgan fingerprint density at radius 2 is 1.72 bits per heavy atom. The van der Waals surface area contributed by atoms with Gasteiger partial charge < -0.3 is 20.0 Å². The minimum absolute atomic E-state index is 0.00441. The van der Waals surface area contributed by atoms with Crippen molar-refractivity contribution in [2.75, 3.05) is 18.4 Å². The number of anilines is 1. The van der Waals surface area contributed by atoms with Gasteiger partial charge in [0, 0.05) is 37.1 Å². The minimum atomic E-state index is -0.538. The Balaban J connectivity index is 1.36. The number of hydrogen-bond acceptors (Lipinski definition) is 6. The molecule has 1 aliphatic rings. The van der Waals surface area contributed by atoms with Crippen LogP contribution in [0.4, 0.5) is 10.2 Å². The molecule has 9 nitrogen and oxygen atoms in total. The lowest BCUT2D eigenvalue weighted by Gasteiger charge is -2.31. The fourth-order valence-electron chi connectivity index (χ4n) is 3.41. The van der Waals surface area contributed by atoms with Gasteiger partial charge in [0.15, 0.2) is 17.3 Å². The summed E-state index contributed by atoms with van der Waals surface area (Å²) in [5, 5.41) is 5.43. The van der Waals surface area contributed by atoms with Crippen molar-refractivity contribution in [3.8, 4) is 0 Å². The molecule has 1 aromatic carbocycles. The van der Waals surface area contributed by atoms with E-state index in [4.69, 9.17) is 4.42 Å². The van der Waals surface area contributed by atoms with Gasteiger partial charge in [0.05, 0.1) is 6.26 Å². The molecule has 0 unspecified atom stereocenters. The van der Waals surface area contributed by atoms with Crippen LogP contribution >= 0.6 is 0 Å². The largest absolute Gasteiger partial charge is 0.459 e. The van der Waals surface area contributed by atoms with Crippen LogP contribution in [0.25, 0.3) is 0 Å². The van der Waals surface area contributed by atoms with E-state index in [2.05, 4.69) is 20.6 Å². The zero-order valence-corrected chi connectivity index (χ0v) is 17.0. The predicted molar refractivity (Wildman–Crippen MR) is 111 cm³/mol. The first-order chi connectivity index (χ1) is 15.5. The van der Waals surface area contributed by atoms with Crippen molar-refractivity contribution in [2.24, 2.45) is 0 Å². The highest BCUT2D eigenvalue weighted by Gasteiger charge is 2.27. The summed E-state index contributed by atoms with van der Waals surface area (Å²) in [5.74, 6) is -1.37. The van der Waals surface area contributed by atoms with Crippen LogP contribution in [0.1, 0.15) is 44.2 Å². The molecule has 0 aliphatic carbocycles. The zero-order chi connectivity index (χ0) is 22.5. The molecule has 3 amide bonds. The number of piperidine rings is 1. The number of furan rings is 1. The molecule has 164 valence electrons. The third kappa shape index (κ3) is 4.80. The van der Waals surface area contributed by atoms with Crippen molar-refractivity contribution in [2.45, 2.75) is 18.9 Å². The van der Waals surface area contributed by atoms with Crippen molar-refractivity contribution in [3.05, 3.63) is 77.9 Å². The lowest BCUT2D eigenvalue weighted by molar-refractivity contribution is 0.0667. The molecular formula is C22H20FN5O4. The number of rotatable bonds is 5. The van der Waals surface area contributed by atoms with Crippen LogP contribution in [0.15, 0.2) is 59.5 Å². The Kier molecular flexibility index (Phi) is 6.20. The maximum absolute atomic E-state index is 13.1. The summed E-state index contributed by atoms with van der Waals surface area (Å²) in [6.07, 6.45) is 5.29. The van der Waals surface area contributed by atoms with Gasteiger partial charge in [0.1, 0.15) is 5.82 Å². The van der Waals surface area contributed by atoms with Crippen LogP contribution in [0.5, 0.6) is 0 Å². The van der Waals surface area contributed by atoms with Gasteiger partial charge in [-0.05, 0) is 49.2 Å². The Bertz CT molecular complexity index is 1110. The van der Waals surface area contributed by atoms with Crippen molar-refractivity contribution < 1.29 is 23.2 Å². The molecular weight excluding hydrogens is 417 g/mol. The van der Waals surface area contributed by atoms with E-state index in [1.54, 1.807) is 17.0 Å². The van der Waals surface area contributed by atoms with Crippen LogP contribution < -0.4 is 10.6 Å². The van der Waals surface area contributed by atoms with E-state index in [0.29, 0.717) is 25.9 Å². The smallest absolute Gasteiger partial charge is 0.289 e. The van der Waals surface area contributed by atoms with Crippen LogP contribution in [0, 0.1) is 5.82 Å². The van der Waals surface area contributed by atoms with Gasteiger partial charge >= 0.3 is 0 Å². The summed E-state index contributed by atoms with van der Waals surface area (Å²) >= 11 is 0. The molecule has 1 aliphatic heterocycles. The first kappa shape index (κ1) is 21.2. The topological polar surface area (TPSA) is 117 Å². The second-order valence-corrected chi connectivity index (χ2v) is 7.23. The van der Waals surface area contributed by atoms with E-state index < -0.39 is 17.6 Å². The Morgan fingerprint density at radius 1 is 1.00 bits per heavy atom. The highest BCUT2D eigenvalue weighted by molar-refractivity contribution is 6.07. The van der Waals surface area contributed by atoms with Crippen molar-refractivity contribution in [1.29, 1.82) is 0 Å². The van der Waals surface area contributed by atoms with Crippen molar-refractivity contribution in [1.82, 2.24) is 20.2 Å². The molecule has 32 heavy (non-hydrogen) atoms. The van der Waals surface area contributed by atoms with E-state index in [1.165, 1.54) is 42.9 Å². The third-order valence-electron chi connectivity index (χ3n) is 5.10. The maximum Gasteiger partial charge on any atom is 0.289 e. The summed E-state index contributed by atoms with van der Waals surface area (Å²) in [6.45, 7) is 0.943. The molecule has 2 aromatic heterocycles. The summed E-state index contributed by atoms with van der Waals surface area (Å²) in [4.78, 5) is 47.3. The predicted octanol–water partition coefficient (Wildman–Crippen LogP) is 2.50. The number of aromatic nitrogens is 2. The molecule has 0 spiro atoms. The first-order valence-corrected chi connectivity index (χ1v) is 10.0. The van der Waals surface area contributed by atoms with Gasteiger partial charge in [-0.25, -0.2) is 14.4 Å². The summed E-state index contributed by atoms with van der Waals surface area (Å²) < 4.78 is 18.2. The molecule has 2 N–H and O–H groups in total. The quantitative estimate of drug-likeness (QED) is 0.633. The van der Waals surface area contributed by atoms with E-state index in [1.807, 2.05) is 0 Å². The second-order valence-electron chi connectivity index (χ2n) is 7.23. The highest BCUT2D eigenvalue weighted by atomic mass is 19.1. The number of nitrogens with one attached hydrogen (secondary N) is 2. The summed E-state index contributed by atoms with van der Waals surface area (Å²) in [5.41, 5.74) is 0.189. The van der Waals surface area contributed by atoms with Gasteiger partial charge in [0.25, 0.3) is 17.7 Å². The minimum Gasteiger partial charge on any atom is -0.459 e. The van der Waals surface area contributed by atoms with Crippen LogP contribution in [-0.2, 0) is 0 Å². The molecule has 4 rings (SSSR count). The summed E-state index contributed by atoms with van der Waals surface area (Å²) in [6, 6.07) is 8.12. The standard InChI is InChI=1S/C22H20FN5O4/c23-15-5-3-14(4-6-15)20(29)27-19-18(24-9-10-25-19)21(30)26-16-7-11-28(12-8-16)22(31)17-2-1-13-32-17/h1-6,9-10,13,16H,7-8,11-12H2,(H,26,30)(H,25,27,29). The number of benzene rings is 1. The van der Waals surface area contributed by atoms with Gasteiger partial charge in [-0.3, -0.25) is 14.4 Å². The molecule has 0 radical (unpaired) electrons. The number of amides is 3. The summed E-state index contributed by atoms with van der Waals surface area (Å²) in [7, 11) is 0. The first-order valence-electron chi connectivity index (χ1n) is 10.0. The highest BCUT2D eigenvalue weighted by Crippen LogP contribution is 2.16. The average molecular weight is 437 g/mol. The Hall–Kier alpha value is -4.08. The van der Waals surface area contributed by atoms with E-state index in [0.717, 1.165) is 0 Å². The van der Waals surface area contributed by atoms with Gasteiger partial charge in [-0.1, -0.05) is 0 Å². The normalized spacial score (nSPS) is 14.1. The molecule has 10 heteroatoms. The third-order valence-corrected chi connectivity index (χ3v) is 5.10. The Morgan fingerprint density at radius 3 is 2.41 bits per heavy atom. The van der Waals surface area contributed by atoms with Gasteiger partial charge in [-0.15, -0.1) is 0 Å². The molecule has 3 heterocycles. The fraction of sp³-hybridized carbons (Fsp3) is 0.227. The molecule has 1 saturated heterocycles. The molecule has 0 atom stereocenters. The van der Waals surface area contributed by atoms with E-state index in [9.17, 15) is 18.8 Å². The monoisotopic (exact) mass is 437 g/mol. The van der Waals surface area contributed by atoms with E-state index in [-0.39, 0.29) is 34.8 Å². The fourth-order valence-corrected chi connectivity index (χ4v) is 3.41. The van der Waals surface area contributed by atoms with Crippen LogP contribution in [-0.4, -0.2) is 51.7 Å². The van der Waals surface area contributed by atoms with Gasteiger partial charge in [0.2, 0.25) is 0 Å². The zero-order valence-electron chi connectivity index (χ0n) is 17.0. The molecule has 0 bridgehead atoms. The molecule has 0 saturated carbocycles. The lowest BCUT2D eigenvalue weighted by atomic mass is 10.0. The van der Waals surface area contributed by atoms with E-state index >= 15 is 0 Å². The number of carbonyl (C=O) groups is 3. The molecule has 3 aromatic rings. The molecule has 1 fully saturated rings. The lowest BCUT2D eigenvalue weighted by Crippen LogP contribution is -2.46. The Labute approximate surface area is 182 Å². The number of nitrogens with zero attached hydrogens (tertiary/aromatic N) is 3. The van der Waals surface area contributed by atoms with Crippen LogP contribution in [0.2, 0.25) is 0 Å². The van der Waals surface area contributed by atoms with Crippen molar-refractivity contribution in [3.63, 3.8) is 0 Å². The SMILES string of the molecule is O=C(Nc1nccnc1C(=O)NC1CCN(C(=O)c2ccco2)CC1)c1ccc(F)cc1. The van der Waals surface area contributed by atoms with Crippen molar-refractivity contribution >= 4 is 23.5 Å². The maximum atomic E-state index is 13.1. The average Bonchev–Trinajstić information content (AvgIpc) is 3.35. The number of halogens is 1. The number of carbonyl (C=O) groups excluding carboxylic acids is 3. The van der Waals surface area contributed by atoms with Gasteiger partial charge in [-0.2, -0.15) is 0 Å². The number of likely N-dealkylation sites (tertiary alicyclic amines) is 1. The second kappa shape index (κ2) is 9.38.